The normalized spacial score (nSPS) is 19.6. The minimum atomic E-state index is -4.36. The van der Waals surface area contributed by atoms with Gasteiger partial charge < -0.3 is 10.6 Å². The third-order valence-corrected chi connectivity index (χ3v) is 4.28. The van der Waals surface area contributed by atoms with E-state index in [0.717, 1.165) is 12.1 Å². The molecule has 0 unspecified atom stereocenters. The Balaban J connectivity index is 1.79. The summed E-state index contributed by atoms with van der Waals surface area (Å²) >= 11 is 1.31. The number of aromatic nitrogens is 1. The largest absolute Gasteiger partial charge is 0.416 e. The highest BCUT2D eigenvalue weighted by Crippen LogP contribution is 2.34. The Morgan fingerprint density at radius 2 is 2.19 bits per heavy atom. The van der Waals surface area contributed by atoms with Gasteiger partial charge in [0.15, 0.2) is 5.13 Å². The lowest BCUT2D eigenvalue weighted by Crippen LogP contribution is -2.41. The van der Waals surface area contributed by atoms with Gasteiger partial charge in [-0.3, -0.25) is 4.79 Å². The molecule has 1 fully saturated rings. The van der Waals surface area contributed by atoms with Crippen molar-refractivity contribution in [1.29, 1.82) is 0 Å². The van der Waals surface area contributed by atoms with E-state index in [1.165, 1.54) is 17.4 Å². The van der Waals surface area contributed by atoms with Gasteiger partial charge >= 0.3 is 6.18 Å². The summed E-state index contributed by atoms with van der Waals surface area (Å²) < 4.78 is 38.7. The summed E-state index contributed by atoms with van der Waals surface area (Å²) in [7, 11) is 0. The Kier molecular flexibility index (Phi) is 3.48. The molecule has 1 aliphatic rings. The van der Waals surface area contributed by atoms with E-state index in [0.29, 0.717) is 34.7 Å². The molecule has 2 heterocycles. The first-order valence-electron chi connectivity index (χ1n) is 6.43. The average Bonchev–Trinajstić information content (AvgIpc) is 2.81. The van der Waals surface area contributed by atoms with Crippen LogP contribution < -0.4 is 10.6 Å². The predicted molar refractivity (Wildman–Crippen MR) is 74.3 cm³/mol. The van der Waals surface area contributed by atoms with Gasteiger partial charge in [-0.25, -0.2) is 4.98 Å². The molecule has 1 atom stereocenters. The first kappa shape index (κ1) is 14.1. The first-order valence-corrected chi connectivity index (χ1v) is 7.24. The molecule has 2 aromatic rings. The minimum Gasteiger partial charge on any atom is -0.357 e. The summed E-state index contributed by atoms with van der Waals surface area (Å²) in [6, 6.07) is 3.61. The average molecular weight is 315 g/mol. The van der Waals surface area contributed by atoms with Crippen molar-refractivity contribution in [1.82, 2.24) is 10.3 Å². The number of carbonyl (C=O) groups excluding carboxylic acids is 1. The fourth-order valence-corrected chi connectivity index (χ4v) is 3.12. The van der Waals surface area contributed by atoms with Crippen molar-refractivity contribution in [3.63, 3.8) is 0 Å². The molecule has 1 aromatic carbocycles. The molecular formula is C13H12F3N3OS. The van der Waals surface area contributed by atoms with Gasteiger partial charge in [0.25, 0.3) is 0 Å². The van der Waals surface area contributed by atoms with E-state index >= 15 is 0 Å². The summed E-state index contributed by atoms with van der Waals surface area (Å²) in [4.78, 5) is 15.3. The van der Waals surface area contributed by atoms with Crippen LogP contribution in [0.25, 0.3) is 10.2 Å². The molecule has 4 nitrogen and oxygen atoms in total. The van der Waals surface area contributed by atoms with Crippen molar-refractivity contribution in [2.45, 2.75) is 25.1 Å². The van der Waals surface area contributed by atoms with Crippen LogP contribution in [0.1, 0.15) is 18.4 Å². The minimum absolute atomic E-state index is 0.0205. The number of piperidine rings is 1. The van der Waals surface area contributed by atoms with Crippen LogP contribution in [-0.4, -0.2) is 23.5 Å². The van der Waals surface area contributed by atoms with Gasteiger partial charge in [-0.05, 0) is 24.6 Å². The molecule has 1 amide bonds. The summed E-state index contributed by atoms with van der Waals surface area (Å²) in [5.41, 5.74) is -0.367. The van der Waals surface area contributed by atoms with Crippen molar-refractivity contribution in [2.75, 3.05) is 11.9 Å². The number of fused-ring (bicyclic) bond motifs is 1. The molecule has 0 aliphatic carbocycles. The Morgan fingerprint density at radius 1 is 1.38 bits per heavy atom. The summed E-state index contributed by atoms with van der Waals surface area (Å²) in [5.74, 6) is 0.0205. The lowest BCUT2D eigenvalue weighted by Gasteiger charge is -2.22. The number of hydrogen-bond acceptors (Lipinski definition) is 4. The van der Waals surface area contributed by atoms with Crippen molar-refractivity contribution in [3.8, 4) is 0 Å². The standard InChI is InChI=1S/C13H12F3N3OS/c14-13(15,16)7-1-3-10-9(5-7)19-12(21-10)18-8-2-4-11(20)17-6-8/h1,3,5,8H,2,4,6H2,(H,17,20)(H,18,19)/t8-/m1/s1. The zero-order valence-corrected chi connectivity index (χ0v) is 11.6. The Bertz CT molecular complexity index is 673. The molecule has 112 valence electrons. The molecule has 2 N–H and O–H groups in total. The first-order chi connectivity index (χ1) is 9.91. The van der Waals surface area contributed by atoms with Gasteiger partial charge in [0, 0.05) is 19.0 Å². The number of hydrogen-bond donors (Lipinski definition) is 2. The van der Waals surface area contributed by atoms with E-state index in [4.69, 9.17) is 0 Å². The van der Waals surface area contributed by atoms with Gasteiger partial charge in [0.2, 0.25) is 5.91 Å². The van der Waals surface area contributed by atoms with Crippen molar-refractivity contribution in [3.05, 3.63) is 23.8 Å². The van der Waals surface area contributed by atoms with Crippen LogP contribution in [0.15, 0.2) is 18.2 Å². The zero-order chi connectivity index (χ0) is 15.0. The highest BCUT2D eigenvalue weighted by molar-refractivity contribution is 7.22. The monoisotopic (exact) mass is 315 g/mol. The number of thiazole rings is 1. The maximum atomic E-state index is 12.7. The van der Waals surface area contributed by atoms with E-state index < -0.39 is 11.7 Å². The Morgan fingerprint density at radius 3 is 2.86 bits per heavy atom. The number of nitrogens with one attached hydrogen (secondary N) is 2. The molecule has 0 radical (unpaired) electrons. The second-order valence-corrected chi connectivity index (χ2v) is 5.91. The maximum Gasteiger partial charge on any atom is 0.416 e. The Hall–Kier alpha value is -1.83. The third-order valence-electron chi connectivity index (χ3n) is 3.31. The number of rotatable bonds is 2. The SMILES string of the molecule is O=C1CC[C@@H](Nc2nc3cc(C(F)(F)F)ccc3s2)CN1. The zero-order valence-electron chi connectivity index (χ0n) is 10.8. The lowest BCUT2D eigenvalue weighted by molar-refractivity contribution is -0.137. The summed E-state index contributed by atoms with van der Waals surface area (Å²) in [6.07, 6.45) is -3.23. The van der Waals surface area contributed by atoms with Crippen LogP contribution >= 0.6 is 11.3 Å². The van der Waals surface area contributed by atoms with E-state index in [-0.39, 0.29) is 11.9 Å². The topological polar surface area (TPSA) is 54.0 Å². The van der Waals surface area contributed by atoms with Crippen LogP contribution in [0.4, 0.5) is 18.3 Å². The highest BCUT2D eigenvalue weighted by Gasteiger charge is 2.30. The van der Waals surface area contributed by atoms with Gasteiger partial charge in [0.05, 0.1) is 15.8 Å². The predicted octanol–water partition coefficient (Wildman–Crippen LogP) is 3.01. The molecule has 8 heteroatoms. The summed E-state index contributed by atoms with van der Waals surface area (Å²) in [5, 5.41) is 6.48. The van der Waals surface area contributed by atoms with Gasteiger partial charge in [-0.1, -0.05) is 11.3 Å². The van der Waals surface area contributed by atoms with Crippen LogP contribution in [0.2, 0.25) is 0 Å². The number of nitrogens with zero attached hydrogens (tertiary/aromatic N) is 1. The van der Waals surface area contributed by atoms with Crippen LogP contribution in [-0.2, 0) is 11.0 Å². The van der Waals surface area contributed by atoms with Crippen molar-refractivity contribution < 1.29 is 18.0 Å². The van der Waals surface area contributed by atoms with E-state index in [1.807, 2.05) is 0 Å². The van der Waals surface area contributed by atoms with E-state index in [2.05, 4.69) is 15.6 Å². The van der Waals surface area contributed by atoms with Gasteiger partial charge in [-0.2, -0.15) is 13.2 Å². The molecule has 0 bridgehead atoms. The molecular weight excluding hydrogens is 303 g/mol. The number of amides is 1. The summed E-state index contributed by atoms with van der Waals surface area (Å²) in [6.45, 7) is 0.503. The van der Waals surface area contributed by atoms with Crippen LogP contribution in [0.5, 0.6) is 0 Å². The highest BCUT2D eigenvalue weighted by atomic mass is 32.1. The van der Waals surface area contributed by atoms with Gasteiger partial charge in [0.1, 0.15) is 0 Å². The number of anilines is 1. The van der Waals surface area contributed by atoms with Crippen LogP contribution in [0.3, 0.4) is 0 Å². The quantitative estimate of drug-likeness (QED) is 0.896. The fraction of sp³-hybridized carbons (Fsp3) is 0.385. The molecule has 0 saturated carbocycles. The third kappa shape index (κ3) is 3.10. The molecule has 1 saturated heterocycles. The maximum absolute atomic E-state index is 12.7. The number of alkyl halides is 3. The lowest BCUT2D eigenvalue weighted by atomic mass is 10.1. The number of halogens is 3. The molecule has 1 aromatic heterocycles. The van der Waals surface area contributed by atoms with E-state index in [1.54, 1.807) is 0 Å². The second-order valence-electron chi connectivity index (χ2n) is 4.88. The number of carbonyl (C=O) groups is 1. The van der Waals surface area contributed by atoms with Gasteiger partial charge in [-0.15, -0.1) is 0 Å². The molecule has 3 rings (SSSR count). The molecule has 1 aliphatic heterocycles. The van der Waals surface area contributed by atoms with Crippen molar-refractivity contribution in [2.24, 2.45) is 0 Å². The van der Waals surface area contributed by atoms with E-state index in [9.17, 15) is 18.0 Å². The van der Waals surface area contributed by atoms with Crippen molar-refractivity contribution >= 4 is 32.6 Å². The smallest absolute Gasteiger partial charge is 0.357 e. The molecule has 0 spiro atoms. The Labute approximate surface area is 122 Å². The second kappa shape index (κ2) is 5.18. The van der Waals surface area contributed by atoms with Crippen LogP contribution in [0, 0.1) is 0 Å². The fourth-order valence-electron chi connectivity index (χ4n) is 2.20. The number of benzene rings is 1. The molecule has 21 heavy (non-hydrogen) atoms.